The molecule has 0 bridgehead atoms. The molecule has 5 nitrogen and oxygen atoms in total. The first-order valence-electron chi connectivity index (χ1n) is 9.90. The summed E-state index contributed by atoms with van der Waals surface area (Å²) in [6.07, 6.45) is 1.70. The summed E-state index contributed by atoms with van der Waals surface area (Å²) in [4.78, 5) is 14.7. The molecule has 0 aliphatic heterocycles. The van der Waals surface area contributed by atoms with Gasteiger partial charge in [0.1, 0.15) is 12.8 Å². The van der Waals surface area contributed by atoms with Crippen LogP contribution >= 0.6 is 23.2 Å². The summed E-state index contributed by atoms with van der Waals surface area (Å²) in [6.45, 7) is 5.12. The number of nitrogens with one attached hydrogen (secondary N) is 2. The summed E-state index contributed by atoms with van der Waals surface area (Å²) in [5.41, 5.74) is 3.29. The molecule has 1 amide bonds. The predicted molar refractivity (Wildman–Crippen MR) is 119 cm³/mol. The Hall–Kier alpha value is -1.73. The van der Waals surface area contributed by atoms with E-state index in [0.29, 0.717) is 11.5 Å². The molecule has 2 unspecified atom stereocenters. The van der Waals surface area contributed by atoms with Crippen LogP contribution in [0.25, 0.3) is 11.1 Å². The Morgan fingerprint density at radius 3 is 2.33 bits per heavy atom. The average molecular weight is 456 g/mol. The third kappa shape index (κ3) is 7.51. The molecular formula is C22H28Cl2FN3O2. The van der Waals surface area contributed by atoms with E-state index in [2.05, 4.69) is 29.5 Å². The molecule has 2 rings (SSSR count). The Morgan fingerprint density at radius 2 is 1.80 bits per heavy atom. The number of carbonyl (C=O) groups excluding carboxylic acids is 1. The third-order valence-corrected chi connectivity index (χ3v) is 5.08. The van der Waals surface area contributed by atoms with Crippen LogP contribution in [0.2, 0.25) is 0 Å². The molecule has 1 aromatic heterocycles. The minimum absolute atomic E-state index is 0.473. The number of rotatable bonds is 11. The minimum atomic E-state index is -1.32. The Bertz CT molecular complexity index is 786. The monoisotopic (exact) mass is 455 g/mol. The summed E-state index contributed by atoms with van der Waals surface area (Å²) >= 11 is 10.9. The highest BCUT2D eigenvalue weighted by molar-refractivity contribution is 6.53. The number of aliphatic hydroxyl groups is 1. The summed E-state index contributed by atoms with van der Waals surface area (Å²) < 4.78 is 13.3. The van der Waals surface area contributed by atoms with Gasteiger partial charge < -0.3 is 15.7 Å². The molecule has 0 saturated heterocycles. The van der Waals surface area contributed by atoms with Gasteiger partial charge in [0.05, 0.1) is 11.7 Å². The molecule has 0 spiro atoms. The van der Waals surface area contributed by atoms with Crippen molar-refractivity contribution < 1.29 is 14.3 Å². The van der Waals surface area contributed by atoms with Crippen LogP contribution in [0, 0.1) is 5.92 Å². The van der Waals surface area contributed by atoms with Gasteiger partial charge in [-0.05, 0) is 36.1 Å². The van der Waals surface area contributed by atoms with Crippen molar-refractivity contribution in [2.24, 2.45) is 5.92 Å². The standard InChI is InChI=1S/C22H28Cl2FN3O2/c1-14(2)9-10-26-13-18-8-7-17(12-27-18)15-3-5-16(6-4-15)20(29)19(11-25)28-22(30)21(23)24/h3-8,12,14,19-21,26,29H,9-11,13H2,1-2H3,(H,28,30). The van der Waals surface area contributed by atoms with E-state index in [1.54, 1.807) is 18.3 Å². The van der Waals surface area contributed by atoms with Crippen LogP contribution < -0.4 is 10.6 Å². The number of carbonyl (C=O) groups is 1. The van der Waals surface area contributed by atoms with Gasteiger partial charge in [-0.25, -0.2) is 4.39 Å². The average Bonchev–Trinajstić information content (AvgIpc) is 2.74. The van der Waals surface area contributed by atoms with Gasteiger partial charge in [0.2, 0.25) is 0 Å². The van der Waals surface area contributed by atoms with Crippen LogP contribution in [0.4, 0.5) is 4.39 Å². The summed E-state index contributed by atoms with van der Waals surface area (Å²) in [5, 5.41) is 16.1. The van der Waals surface area contributed by atoms with Gasteiger partial charge in [-0.1, -0.05) is 67.4 Å². The van der Waals surface area contributed by atoms with Crippen molar-refractivity contribution in [1.29, 1.82) is 0 Å². The first-order chi connectivity index (χ1) is 14.3. The second kappa shape index (κ2) is 12.2. The second-order valence-electron chi connectivity index (χ2n) is 7.53. The predicted octanol–water partition coefficient (Wildman–Crippen LogP) is 4.18. The molecule has 1 heterocycles. The normalized spacial score (nSPS) is 13.5. The van der Waals surface area contributed by atoms with Crippen LogP contribution in [0.15, 0.2) is 42.6 Å². The summed E-state index contributed by atoms with van der Waals surface area (Å²) in [5.74, 6) is -0.0788. The minimum Gasteiger partial charge on any atom is -0.386 e. The maximum atomic E-state index is 13.3. The quantitative estimate of drug-likeness (QED) is 0.351. The van der Waals surface area contributed by atoms with Crippen molar-refractivity contribution >= 4 is 29.1 Å². The highest BCUT2D eigenvalue weighted by atomic mass is 35.5. The third-order valence-electron chi connectivity index (χ3n) is 4.69. The highest BCUT2D eigenvalue weighted by Gasteiger charge is 2.25. The van der Waals surface area contributed by atoms with E-state index in [1.165, 1.54) is 0 Å². The lowest BCUT2D eigenvalue weighted by Crippen LogP contribution is -2.43. The first-order valence-corrected chi connectivity index (χ1v) is 10.8. The summed E-state index contributed by atoms with van der Waals surface area (Å²) in [7, 11) is 0. The fourth-order valence-electron chi connectivity index (χ4n) is 2.86. The van der Waals surface area contributed by atoms with Gasteiger partial charge >= 0.3 is 0 Å². The molecule has 3 N–H and O–H groups in total. The van der Waals surface area contributed by atoms with Gasteiger partial charge in [-0.3, -0.25) is 9.78 Å². The SMILES string of the molecule is CC(C)CCNCc1ccc(-c2ccc(C(O)C(CF)NC(=O)C(Cl)Cl)cc2)cn1. The fraction of sp³-hybridized carbons (Fsp3) is 0.455. The lowest BCUT2D eigenvalue weighted by Gasteiger charge is -2.22. The highest BCUT2D eigenvalue weighted by Crippen LogP contribution is 2.24. The molecule has 1 aromatic carbocycles. The van der Waals surface area contributed by atoms with Crippen molar-refractivity contribution in [2.45, 2.75) is 43.8 Å². The van der Waals surface area contributed by atoms with Crippen molar-refractivity contribution in [2.75, 3.05) is 13.2 Å². The lowest BCUT2D eigenvalue weighted by atomic mass is 9.99. The maximum Gasteiger partial charge on any atom is 0.253 e. The second-order valence-corrected chi connectivity index (χ2v) is 8.63. The molecule has 0 saturated carbocycles. The summed E-state index contributed by atoms with van der Waals surface area (Å²) in [6, 6.07) is 9.85. The van der Waals surface area contributed by atoms with Gasteiger partial charge in [-0.15, -0.1) is 0 Å². The zero-order chi connectivity index (χ0) is 22.1. The van der Waals surface area contributed by atoms with Crippen LogP contribution in [0.5, 0.6) is 0 Å². The van der Waals surface area contributed by atoms with Gasteiger partial charge in [0, 0.05) is 18.3 Å². The molecule has 2 atom stereocenters. The number of hydrogen-bond donors (Lipinski definition) is 3. The van der Waals surface area contributed by atoms with Gasteiger partial charge in [0.25, 0.3) is 5.91 Å². The largest absolute Gasteiger partial charge is 0.386 e. The number of benzene rings is 1. The Morgan fingerprint density at radius 1 is 1.13 bits per heavy atom. The fourth-order valence-corrected chi connectivity index (χ4v) is 2.99. The van der Waals surface area contributed by atoms with Gasteiger partial charge in [0.15, 0.2) is 4.84 Å². The smallest absolute Gasteiger partial charge is 0.253 e. The number of aromatic nitrogens is 1. The van der Waals surface area contributed by atoms with Gasteiger partial charge in [-0.2, -0.15) is 0 Å². The van der Waals surface area contributed by atoms with E-state index < -0.39 is 29.6 Å². The number of alkyl halides is 3. The molecule has 30 heavy (non-hydrogen) atoms. The van der Waals surface area contributed by atoms with E-state index in [4.69, 9.17) is 23.2 Å². The van der Waals surface area contributed by atoms with E-state index >= 15 is 0 Å². The molecule has 0 aliphatic rings. The van der Waals surface area contributed by atoms with E-state index in [0.717, 1.165) is 36.3 Å². The van der Waals surface area contributed by atoms with E-state index in [1.807, 2.05) is 24.3 Å². The molecular weight excluding hydrogens is 428 g/mol. The molecule has 0 aliphatic carbocycles. The molecule has 8 heteroatoms. The van der Waals surface area contributed by atoms with Crippen LogP contribution in [0.3, 0.4) is 0 Å². The van der Waals surface area contributed by atoms with Crippen LogP contribution in [-0.4, -0.2) is 40.1 Å². The first kappa shape index (κ1) is 24.5. The Balaban J connectivity index is 1.98. The number of nitrogens with zero attached hydrogens (tertiary/aromatic N) is 1. The van der Waals surface area contributed by atoms with E-state index in [9.17, 15) is 14.3 Å². The number of hydrogen-bond acceptors (Lipinski definition) is 4. The molecule has 2 aromatic rings. The number of halogens is 3. The van der Waals surface area contributed by atoms with Crippen molar-refractivity contribution in [3.8, 4) is 11.1 Å². The Kier molecular flexibility index (Phi) is 9.98. The number of pyridine rings is 1. The maximum absolute atomic E-state index is 13.3. The van der Waals surface area contributed by atoms with Crippen LogP contribution in [-0.2, 0) is 11.3 Å². The Labute approximate surface area is 187 Å². The van der Waals surface area contributed by atoms with Crippen molar-refractivity contribution in [1.82, 2.24) is 15.6 Å². The van der Waals surface area contributed by atoms with Crippen molar-refractivity contribution in [3.63, 3.8) is 0 Å². The van der Waals surface area contributed by atoms with Crippen LogP contribution in [0.1, 0.15) is 37.6 Å². The number of amides is 1. The number of aliphatic hydroxyl groups excluding tert-OH is 1. The zero-order valence-corrected chi connectivity index (χ0v) is 18.6. The zero-order valence-electron chi connectivity index (χ0n) is 17.1. The molecule has 0 radical (unpaired) electrons. The van der Waals surface area contributed by atoms with Crippen molar-refractivity contribution in [3.05, 3.63) is 53.9 Å². The van der Waals surface area contributed by atoms with E-state index in [-0.39, 0.29) is 0 Å². The molecule has 164 valence electrons. The topological polar surface area (TPSA) is 74.2 Å². The molecule has 0 fully saturated rings. The lowest BCUT2D eigenvalue weighted by molar-refractivity contribution is -0.121.